The molecule has 0 heterocycles. The molecule has 226 valence electrons. The Morgan fingerprint density at radius 1 is 0.857 bits per heavy atom. The Balaban J connectivity index is 2.10. The summed E-state index contributed by atoms with van der Waals surface area (Å²) in [5, 5.41) is 3.97. The Bertz CT molecular complexity index is 1530. The highest BCUT2D eigenvalue weighted by Gasteiger charge is 2.34. The largest absolute Gasteiger partial charge is 0.352 e. The number of carbonyl (C=O) groups excluding carboxylic acids is 2. The van der Waals surface area contributed by atoms with E-state index >= 15 is 0 Å². The van der Waals surface area contributed by atoms with Crippen molar-refractivity contribution in [2.45, 2.75) is 71.0 Å². The molecule has 3 rings (SSSR count). The van der Waals surface area contributed by atoms with Crippen LogP contribution in [0, 0.1) is 13.8 Å². The van der Waals surface area contributed by atoms with Crippen molar-refractivity contribution in [2.24, 2.45) is 0 Å². The highest BCUT2D eigenvalue weighted by atomic mass is 35.5. The van der Waals surface area contributed by atoms with Crippen LogP contribution in [0.15, 0.2) is 65.6 Å². The van der Waals surface area contributed by atoms with Crippen molar-refractivity contribution in [1.29, 1.82) is 0 Å². The average molecular weight is 653 g/mol. The van der Waals surface area contributed by atoms with Crippen molar-refractivity contribution in [2.75, 3.05) is 10.8 Å². The number of hydrogen-bond donors (Lipinski definition) is 1. The van der Waals surface area contributed by atoms with Crippen molar-refractivity contribution in [3.05, 3.63) is 92.4 Å². The van der Waals surface area contributed by atoms with E-state index in [1.165, 1.54) is 23.1 Å². The van der Waals surface area contributed by atoms with Crippen LogP contribution in [0.1, 0.15) is 50.3 Å². The monoisotopic (exact) mass is 651 g/mol. The number of anilines is 1. The minimum absolute atomic E-state index is 0.00915. The number of halogens is 3. The third-order valence-electron chi connectivity index (χ3n) is 7.06. The van der Waals surface area contributed by atoms with Crippen molar-refractivity contribution in [3.8, 4) is 0 Å². The Labute approximate surface area is 263 Å². The van der Waals surface area contributed by atoms with Crippen LogP contribution < -0.4 is 9.62 Å². The highest BCUT2D eigenvalue weighted by molar-refractivity contribution is 7.92. The lowest BCUT2D eigenvalue weighted by molar-refractivity contribution is -0.140. The lowest BCUT2D eigenvalue weighted by Crippen LogP contribution is -2.53. The summed E-state index contributed by atoms with van der Waals surface area (Å²) in [6.45, 7) is 8.73. The molecule has 1 N–H and O–H groups in total. The Hall–Kier alpha value is -2.78. The predicted molar refractivity (Wildman–Crippen MR) is 171 cm³/mol. The number of nitrogens with one attached hydrogen (secondary N) is 1. The fourth-order valence-electron chi connectivity index (χ4n) is 4.30. The van der Waals surface area contributed by atoms with Gasteiger partial charge in [-0.1, -0.05) is 78.5 Å². The first-order valence-electron chi connectivity index (χ1n) is 13.7. The second-order valence-corrected chi connectivity index (χ2v) is 13.4. The zero-order chi connectivity index (χ0) is 31.2. The van der Waals surface area contributed by atoms with Gasteiger partial charge in [0.2, 0.25) is 11.8 Å². The maximum Gasteiger partial charge on any atom is 0.264 e. The minimum atomic E-state index is -4.20. The maximum absolute atomic E-state index is 14.2. The minimum Gasteiger partial charge on any atom is -0.352 e. The summed E-state index contributed by atoms with van der Waals surface area (Å²) in [6, 6.07) is 15.2. The number of aryl methyl sites for hydroxylation is 2. The number of nitrogens with zero attached hydrogens (tertiary/aromatic N) is 2. The molecule has 0 aliphatic heterocycles. The molecule has 0 bridgehead atoms. The summed E-state index contributed by atoms with van der Waals surface area (Å²) in [5.74, 6) is -0.897. The fraction of sp³-hybridized carbons (Fsp3) is 0.355. The van der Waals surface area contributed by atoms with Gasteiger partial charge < -0.3 is 10.2 Å². The van der Waals surface area contributed by atoms with Gasteiger partial charge >= 0.3 is 0 Å². The van der Waals surface area contributed by atoms with Crippen LogP contribution in [-0.4, -0.2) is 43.8 Å². The van der Waals surface area contributed by atoms with Crippen molar-refractivity contribution >= 4 is 62.3 Å². The van der Waals surface area contributed by atoms with E-state index in [1.807, 2.05) is 20.8 Å². The molecule has 2 atom stereocenters. The first kappa shape index (κ1) is 33.7. The summed E-state index contributed by atoms with van der Waals surface area (Å²) in [7, 11) is -4.20. The van der Waals surface area contributed by atoms with Crippen LogP contribution in [0.5, 0.6) is 0 Å². The molecular weight excluding hydrogens is 617 g/mol. The molecule has 42 heavy (non-hydrogen) atoms. The van der Waals surface area contributed by atoms with E-state index in [2.05, 4.69) is 5.32 Å². The number of hydrogen-bond acceptors (Lipinski definition) is 4. The molecule has 11 heteroatoms. The van der Waals surface area contributed by atoms with Gasteiger partial charge in [-0.15, -0.1) is 0 Å². The molecule has 0 aliphatic rings. The lowest BCUT2D eigenvalue weighted by atomic mass is 10.1. The van der Waals surface area contributed by atoms with Crippen LogP contribution in [0.4, 0.5) is 5.69 Å². The van der Waals surface area contributed by atoms with Gasteiger partial charge in [0.1, 0.15) is 12.6 Å². The van der Waals surface area contributed by atoms with Crippen LogP contribution in [0.25, 0.3) is 0 Å². The molecular formula is C31H36Cl3N3O4S. The van der Waals surface area contributed by atoms with Crippen LogP contribution in [-0.2, 0) is 26.2 Å². The van der Waals surface area contributed by atoms with E-state index < -0.39 is 28.5 Å². The van der Waals surface area contributed by atoms with E-state index in [4.69, 9.17) is 34.8 Å². The summed E-state index contributed by atoms with van der Waals surface area (Å²) in [4.78, 5) is 29.0. The van der Waals surface area contributed by atoms with Crippen molar-refractivity contribution in [1.82, 2.24) is 10.2 Å². The number of benzene rings is 3. The van der Waals surface area contributed by atoms with Gasteiger partial charge in [0, 0.05) is 17.6 Å². The normalized spacial score (nSPS) is 12.9. The Morgan fingerprint density at radius 2 is 1.52 bits per heavy atom. The van der Waals surface area contributed by atoms with Gasteiger partial charge in [-0.05, 0) is 81.1 Å². The molecule has 2 amide bonds. The van der Waals surface area contributed by atoms with Gasteiger partial charge in [-0.25, -0.2) is 8.42 Å². The summed E-state index contributed by atoms with van der Waals surface area (Å²) in [5.41, 5.74) is 2.51. The topological polar surface area (TPSA) is 86.8 Å². The predicted octanol–water partition coefficient (Wildman–Crippen LogP) is 7.18. The Morgan fingerprint density at radius 3 is 2.10 bits per heavy atom. The number of rotatable bonds is 12. The van der Waals surface area contributed by atoms with Crippen LogP contribution in [0.3, 0.4) is 0 Å². The summed E-state index contributed by atoms with van der Waals surface area (Å²) in [6.07, 6.45) is 1.01. The third kappa shape index (κ3) is 8.19. The molecule has 0 spiro atoms. The third-order valence-corrected chi connectivity index (χ3v) is 9.99. The lowest BCUT2D eigenvalue weighted by Gasteiger charge is -2.34. The van der Waals surface area contributed by atoms with Gasteiger partial charge in [0.15, 0.2) is 0 Å². The standard InChI is InChI=1S/C31H36Cl3N3O4S/c1-6-22(5)35-31(39)29(7-2)36(18-23-11-15-26(32)28(34)16-23)30(38)19-37(24-12-10-21(4)27(33)17-24)42(40,41)25-13-8-20(3)9-14-25/h8-17,22,29H,6-7,18-19H2,1-5H3,(H,35,39)/t22-,29+/m1/s1. The molecule has 0 aliphatic carbocycles. The second-order valence-electron chi connectivity index (χ2n) is 10.3. The Kier molecular flexibility index (Phi) is 11.7. The number of carbonyl (C=O) groups is 2. The first-order valence-corrected chi connectivity index (χ1v) is 16.2. The zero-order valence-corrected chi connectivity index (χ0v) is 27.4. The average Bonchev–Trinajstić information content (AvgIpc) is 2.95. The van der Waals surface area contributed by atoms with E-state index in [0.29, 0.717) is 33.5 Å². The van der Waals surface area contributed by atoms with Gasteiger partial charge in [0.05, 0.1) is 20.6 Å². The summed E-state index contributed by atoms with van der Waals surface area (Å²) < 4.78 is 29.0. The van der Waals surface area contributed by atoms with Crippen molar-refractivity contribution in [3.63, 3.8) is 0 Å². The smallest absolute Gasteiger partial charge is 0.264 e. The maximum atomic E-state index is 14.2. The quantitative estimate of drug-likeness (QED) is 0.225. The molecule has 0 aromatic heterocycles. The van der Waals surface area contributed by atoms with E-state index in [9.17, 15) is 18.0 Å². The zero-order valence-electron chi connectivity index (χ0n) is 24.3. The van der Waals surface area contributed by atoms with Gasteiger partial charge in [-0.3, -0.25) is 13.9 Å². The van der Waals surface area contributed by atoms with E-state index in [0.717, 1.165) is 15.4 Å². The molecule has 0 unspecified atom stereocenters. The summed E-state index contributed by atoms with van der Waals surface area (Å²) >= 11 is 18.8. The number of sulfonamides is 1. The molecule has 7 nitrogen and oxygen atoms in total. The molecule has 0 saturated heterocycles. The fourth-order valence-corrected chi connectivity index (χ4v) is 6.20. The molecule has 0 radical (unpaired) electrons. The van der Waals surface area contributed by atoms with Gasteiger partial charge in [0.25, 0.3) is 10.0 Å². The second kappa shape index (κ2) is 14.6. The van der Waals surface area contributed by atoms with Crippen LogP contribution in [0.2, 0.25) is 15.1 Å². The van der Waals surface area contributed by atoms with Gasteiger partial charge in [-0.2, -0.15) is 0 Å². The highest BCUT2D eigenvalue weighted by Crippen LogP contribution is 2.29. The molecule has 0 saturated carbocycles. The molecule has 3 aromatic carbocycles. The first-order chi connectivity index (χ1) is 19.8. The van der Waals surface area contributed by atoms with Crippen LogP contribution >= 0.6 is 34.8 Å². The SMILES string of the molecule is CC[C@@H](C)NC(=O)[C@H](CC)N(Cc1ccc(Cl)c(Cl)c1)C(=O)CN(c1ccc(C)c(Cl)c1)S(=O)(=O)c1ccc(C)cc1. The molecule has 3 aromatic rings. The van der Waals surface area contributed by atoms with E-state index in [1.54, 1.807) is 56.3 Å². The van der Waals surface area contributed by atoms with Crippen molar-refractivity contribution < 1.29 is 18.0 Å². The van der Waals surface area contributed by atoms with E-state index in [-0.39, 0.29) is 29.1 Å². The molecule has 0 fully saturated rings. The number of amides is 2.